The van der Waals surface area contributed by atoms with Gasteiger partial charge < -0.3 is 26.2 Å². The molecule has 0 aliphatic carbocycles. The van der Waals surface area contributed by atoms with Crippen molar-refractivity contribution in [2.24, 2.45) is 16.6 Å². The van der Waals surface area contributed by atoms with Crippen molar-refractivity contribution in [1.29, 1.82) is 0 Å². The molecule has 28 heavy (non-hydrogen) atoms. The molecule has 0 aromatic heterocycles. The summed E-state index contributed by atoms with van der Waals surface area (Å²) >= 11 is 0. The lowest BCUT2D eigenvalue weighted by atomic mass is 9.96. The number of likely N-dealkylation sites (tertiary alicyclic amines) is 2. The van der Waals surface area contributed by atoms with Crippen molar-refractivity contribution in [2.75, 3.05) is 45.8 Å². The second-order valence-corrected chi connectivity index (χ2v) is 8.53. The first kappa shape index (κ1) is 22.9. The van der Waals surface area contributed by atoms with E-state index in [1.165, 1.54) is 25.9 Å². The van der Waals surface area contributed by atoms with Crippen LogP contribution in [0.3, 0.4) is 0 Å². The number of hydrogen-bond donors (Lipinski definition) is 3. The lowest BCUT2D eigenvalue weighted by Gasteiger charge is -2.35. The molecule has 0 bridgehead atoms. The van der Waals surface area contributed by atoms with E-state index in [0.717, 1.165) is 64.4 Å². The minimum atomic E-state index is -0.132. The maximum absolute atomic E-state index is 11.2. The molecule has 2 rings (SSSR count). The van der Waals surface area contributed by atoms with E-state index in [9.17, 15) is 4.79 Å². The van der Waals surface area contributed by atoms with Crippen LogP contribution in [0.1, 0.15) is 59.3 Å². The summed E-state index contributed by atoms with van der Waals surface area (Å²) in [5.41, 5.74) is 5.41. The first-order valence-corrected chi connectivity index (χ1v) is 11.3. The summed E-state index contributed by atoms with van der Waals surface area (Å²) in [6.45, 7) is 13.9. The van der Waals surface area contributed by atoms with Gasteiger partial charge in [0.25, 0.3) is 0 Å². The molecule has 4 N–H and O–H groups in total. The van der Waals surface area contributed by atoms with Crippen LogP contribution in [0.15, 0.2) is 4.99 Å². The maximum atomic E-state index is 11.2. The summed E-state index contributed by atoms with van der Waals surface area (Å²) in [5, 5.41) is 7.02. The molecule has 0 unspecified atom stereocenters. The number of carbonyl (C=O) groups excluding carboxylic acids is 1. The number of guanidine groups is 1. The molecule has 2 aliphatic rings. The Balaban J connectivity index is 1.62. The molecule has 0 radical (unpaired) electrons. The number of piperidine rings is 2. The van der Waals surface area contributed by atoms with Crippen LogP contribution in [0, 0.1) is 5.92 Å². The summed E-state index contributed by atoms with van der Waals surface area (Å²) in [5.74, 6) is 0.919. The van der Waals surface area contributed by atoms with Crippen LogP contribution in [-0.4, -0.2) is 79.6 Å². The number of nitrogens with two attached hydrogens (primary N) is 1. The van der Waals surface area contributed by atoms with Gasteiger partial charge in [0, 0.05) is 44.2 Å². The van der Waals surface area contributed by atoms with Gasteiger partial charge in [0.2, 0.25) is 5.91 Å². The lowest BCUT2D eigenvalue weighted by Crippen LogP contribution is -2.49. The molecule has 7 heteroatoms. The number of amides is 1. The lowest BCUT2D eigenvalue weighted by molar-refractivity contribution is -0.123. The fraction of sp³-hybridized carbons (Fsp3) is 0.905. The van der Waals surface area contributed by atoms with Gasteiger partial charge in [0.05, 0.1) is 0 Å². The Morgan fingerprint density at radius 1 is 1.11 bits per heavy atom. The van der Waals surface area contributed by atoms with Crippen molar-refractivity contribution in [3.8, 4) is 0 Å². The fourth-order valence-electron chi connectivity index (χ4n) is 4.15. The number of rotatable bonds is 9. The standard InChI is InChI=1S/C21H42N6O/c1-4-23-21(25-19-9-15-27(16-10-19)17(2)3)24-11-5-6-12-26-13-7-18(8-14-26)20(22)28/h17-19H,4-16H2,1-3H3,(H2,22,28)(H2,23,24,25). The zero-order valence-corrected chi connectivity index (χ0v) is 18.3. The highest BCUT2D eigenvalue weighted by molar-refractivity contribution is 5.80. The third kappa shape index (κ3) is 7.95. The van der Waals surface area contributed by atoms with Gasteiger partial charge in [0.15, 0.2) is 5.96 Å². The van der Waals surface area contributed by atoms with Crippen molar-refractivity contribution >= 4 is 11.9 Å². The molecule has 2 fully saturated rings. The predicted octanol–water partition coefficient (Wildman–Crippen LogP) is 1.39. The Kier molecular flexibility index (Phi) is 10.1. The summed E-state index contributed by atoms with van der Waals surface area (Å²) < 4.78 is 0. The predicted molar refractivity (Wildman–Crippen MR) is 116 cm³/mol. The summed E-state index contributed by atoms with van der Waals surface area (Å²) in [4.78, 5) is 21.0. The first-order valence-electron chi connectivity index (χ1n) is 11.3. The molecule has 0 aromatic carbocycles. The number of nitrogens with zero attached hydrogens (tertiary/aromatic N) is 3. The Bertz CT molecular complexity index is 479. The molecule has 0 spiro atoms. The average Bonchev–Trinajstić information content (AvgIpc) is 2.68. The van der Waals surface area contributed by atoms with E-state index in [2.05, 4.69) is 41.2 Å². The zero-order valence-electron chi connectivity index (χ0n) is 18.3. The van der Waals surface area contributed by atoms with E-state index in [1.807, 2.05) is 0 Å². The van der Waals surface area contributed by atoms with Crippen molar-refractivity contribution in [3.05, 3.63) is 0 Å². The number of carbonyl (C=O) groups is 1. The minimum Gasteiger partial charge on any atom is -0.369 e. The van der Waals surface area contributed by atoms with E-state index in [1.54, 1.807) is 0 Å². The van der Waals surface area contributed by atoms with Gasteiger partial charge in [-0.25, -0.2) is 0 Å². The van der Waals surface area contributed by atoms with Crippen LogP contribution >= 0.6 is 0 Å². The van der Waals surface area contributed by atoms with Gasteiger partial charge in [-0.3, -0.25) is 9.79 Å². The SMILES string of the molecule is CCNC(=NCCCCN1CCC(C(N)=O)CC1)NC1CCN(C(C)C)CC1. The Morgan fingerprint density at radius 3 is 2.36 bits per heavy atom. The fourth-order valence-corrected chi connectivity index (χ4v) is 4.15. The van der Waals surface area contributed by atoms with Gasteiger partial charge in [-0.05, 0) is 78.9 Å². The zero-order chi connectivity index (χ0) is 20.4. The van der Waals surface area contributed by atoms with Crippen LogP contribution < -0.4 is 16.4 Å². The molecule has 2 heterocycles. The Hall–Kier alpha value is -1.34. The third-order valence-electron chi connectivity index (χ3n) is 6.09. The molecule has 1 amide bonds. The van der Waals surface area contributed by atoms with Crippen molar-refractivity contribution in [1.82, 2.24) is 20.4 Å². The Morgan fingerprint density at radius 2 is 1.79 bits per heavy atom. The van der Waals surface area contributed by atoms with E-state index >= 15 is 0 Å². The quantitative estimate of drug-likeness (QED) is 0.313. The maximum Gasteiger partial charge on any atom is 0.220 e. The molecule has 0 aromatic rings. The van der Waals surface area contributed by atoms with E-state index in [4.69, 9.17) is 10.7 Å². The van der Waals surface area contributed by atoms with Crippen LogP contribution in [-0.2, 0) is 4.79 Å². The normalized spacial score (nSPS) is 21.2. The Labute approximate surface area is 171 Å². The van der Waals surface area contributed by atoms with E-state index in [0.29, 0.717) is 12.1 Å². The van der Waals surface area contributed by atoms with E-state index < -0.39 is 0 Å². The second-order valence-electron chi connectivity index (χ2n) is 8.53. The van der Waals surface area contributed by atoms with Crippen LogP contribution in [0.4, 0.5) is 0 Å². The molecular weight excluding hydrogens is 352 g/mol. The number of hydrogen-bond acceptors (Lipinski definition) is 4. The average molecular weight is 395 g/mol. The van der Waals surface area contributed by atoms with Gasteiger partial charge in [-0.1, -0.05) is 0 Å². The highest BCUT2D eigenvalue weighted by Crippen LogP contribution is 2.17. The minimum absolute atomic E-state index is 0.0852. The van der Waals surface area contributed by atoms with Crippen molar-refractivity contribution < 1.29 is 4.79 Å². The van der Waals surface area contributed by atoms with Crippen LogP contribution in [0.2, 0.25) is 0 Å². The third-order valence-corrected chi connectivity index (χ3v) is 6.09. The van der Waals surface area contributed by atoms with Gasteiger partial charge in [0.1, 0.15) is 0 Å². The monoisotopic (exact) mass is 394 g/mol. The largest absolute Gasteiger partial charge is 0.369 e. The molecule has 2 saturated heterocycles. The summed E-state index contributed by atoms with van der Waals surface area (Å²) in [6, 6.07) is 1.17. The summed E-state index contributed by atoms with van der Waals surface area (Å²) in [7, 11) is 0. The molecule has 0 saturated carbocycles. The molecule has 7 nitrogen and oxygen atoms in total. The van der Waals surface area contributed by atoms with Crippen LogP contribution in [0.5, 0.6) is 0 Å². The molecule has 2 aliphatic heterocycles. The highest BCUT2D eigenvalue weighted by atomic mass is 16.1. The smallest absolute Gasteiger partial charge is 0.220 e. The van der Waals surface area contributed by atoms with Crippen LogP contribution in [0.25, 0.3) is 0 Å². The number of aliphatic imine (C=N–C) groups is 1. The van der Waals surface area contributed by atoms with Gasteiger partial charge in [-0.15, -0.1) is 0 Å². The molecule has 162 valence electrons. The van der Waals surface area contributed by atoms with E-state index in [-0.39, 0.29) is 11.8 Å². The van der Waals surface area contributed by atoms with Crippen molar-refractivity contribution in [2.45, 2.75) is 71.4 Å². The van der Waals surface area contributed by atoms with Gasteiger partial charge >= 0.3 is 0 Å². The highest BCUT2D eigenvalue weighted by Gasteiger charge is 2.23. The van der Waals surface area contributed by atoms with Gasteiger partial charge in [-0.2, -0.15) is 0 Å². The topological polar surface area (TPSA) is 86.0 Å². The summed E-state index contributed by atoms with van der Waals surface area (Å²) in [6.07, 6.45) is 6.44. The number of primary amides is 1. The first-order chi connectivity index (χ1) is 13.5. The number of unbranched alkanes of at least 4 members (excludes halogenated alkanes) is 1. The molecular formula is C21H42N6O. The van der Waals surface area contributed by atoms with Crippen molar-refractivity contribution in [3.63, 3.8) is 0 Å². The molecule has 0 atom stereocenters. The number of nitrogens with one attached hydrogen (secondary N) is 2. The second kappa shape index (κ2) is 12.3.